The van der Waals surface area contributed by atoms with E-state index in [1.807, 2.05) is 0 Å². The first-order valence-corrected chi connectivity index (χ1v) is 7.06. The van der Waals surface area contributed by atoms with Gasteiger partial charge in [-0.05, 0) is 36.3 Å². The molecule has 1 aromatic rings. The van der Waals surface area contributed by atoms with Crippen molar-refractivity contribution in [2.45, 2.75) is 38.0 Å². The maximum absolute atomic E-state index is 6.49. The summed E-state index contributed by atoms with van der Waals surface area (Å²) in [7, 11) is 0. The number of benzene rings is 1. The Bertz CT molecular complexity index is 351. The van der Waals surface area contributed by atoms with E-state index < -0.39 is 0 Å². The minimum absolute atomic E-state index is 0.181. The summed E-state index contributed by atoms with van der Waals surface area (Å²) in [6, 6.07) is 8.53. The minimum atomic E-state index is 0.181. The highest BCUT2D eigenvalue weighted by Gasteiger charge is 2.29. The van der Waals surface area contributed by atoms with Gasteiger partial charge in [0.05, 0.1) is 5.38 Å². The third kappa shape index (κ3) is 3.23. The summed E-state index contributed by atoms with van der Waals surface area (Å²) in [5.74, 6) is 0.552. The molecule has 1 aliphatic rings. The smallest absolute Gasteiger partial charge is 0.0620 e. The number of alkyl halides is 1. The molecule has 0 spiro atoms. The molecule has 0 amide bonds. The number of fused-ring (bicyclic) bond motifs is 1. The number of hydrogen-bond acceptors (Lipinski definition) is 1. The molecule has 0 aliphatic heterocycles. The van der Waals surface area contributed by atoms with Crippen LogP contribution in [0.25, 0.3) is 0 Å². The Morgan fingerprint density at radius 2 is 2.12 bits per heavy atom. The molecule has 2 atom stereocenters. The van der Waals surface area contributed by atoms with Crippen LogP contribution >= 0.6 is 11.6 Å². The Balaban J connectivity index is 1.78. The molecular formula is C15H21ClO. The third-order valence-corrected chi connectivity index (χ3v) is 4.11. The van der Waals surface area contributed by atoms with E-state index in [0.717, 1.165) is 32.5 Å². The molecule has 0 aromatic heterocycles. The highest BCUT2D eigenvalue weighted by Crippen LogP contribution is 2.42. The molecule has 2 rings (SSSR count). The third-order valence-electron chi connectivity index (χ3n) is 3.52. The maximum atomic E-state index is 6.49. The van der Waals surface area contributed by atoms with Crippen molar-refractivity contribution >= 4 is 11.6 Å². The molecule has 1 aliphatic carbocycles. The Kier molecular flexibility index (Phi) is 4.87. The minimum Gasteiger partial charge on any atom is -0.381 e. The summed E-state index contributed by atoms with van der Waals surface area (Å²) in [6.07, 6.45) is 4.55. The van der Waals surface area contributed by atoms with Crippen LogP contribution in [0.5, 0.6) is 0 Å². The summed E-state index contributed by atoms with van der Waals surface area (Å²) in [6.45, 7) is 3.93. The summed E-state index contributed by atoms with van der Waals surface area (Å²) in [5, 5.41) is 0.181. The molecule has 2 unspecified atom stereocenters. The van der Waals surface area contributed by atoms with Gasteiger partial charge in [-0.2, -0.15) is 0 Å². The second-order valence-electron chi connectivity index (χ2n) is 4.82. The molecule has 1 aromatic carbocycles. The Morgan fingerprint density at radius 1 is 1.29 bits per heavy atom. The van der Waals surface area contributed by atoms with Gasteiger partial charge < -0.3 is 4.74 Å². The highest BCUT2D eigenvalue weighted by atomic mass is 35.5. The molecule has 0 radical (unpaired) electrons. The molecule has 0 bridgehead atoms. The zero-order valence-electron chi connectivity index (χ0n) is 10.5. The lowest BCUT2D eigenvalue weighted by atomic mass is 10.0. The Hall–Kier alpha value is -0.530. The molecule has 2 heteroatoms. The van der Waals surface area contributed by atoms with Gasteiger partial charge in [-0.15, -0.1) is 11.6 Å². The van der Waals surface area contributed by atoms with Crippen LogP contribution in [-0.2, 0) is 11.2 Å². The quantitative estimate of drug-likeness (QED) is 0.540. The van der Waals surface area contributed by atoms with Crippen LogP contribution in [0.15, 0.2) is 24.3 Å². The average Bonchev–Trinajstić information content (AvgIpc) is 2.67. The number of ether oxygens (including phenoxy) is 1. The lowest BCUT2D eigenvalue weighted by Gasteiger charge is -2.14. The van der Waals surface area contributed by atoms with Crippen LogP contribution in [-0.4, -0.2) is 13.2 Å². The van der Waals surface area contributed by atoms with Gasteiger partial charge in [0, 0.05) is 13.2 Å². The van der Waals surface area contributed by atoms with Crippen LogP contribution in [0.4, 0.5) is 0 Å². The predicted molar refractivity (Wildman–Crippen MR) is 72.6 cm³/mol. The van der Waals surface area contributed by atoms with E-state index in [0.29, 0.717) is 5.92 Å². The SMILES string of the molecule is CCCCOCCC1Cc2ccccc2C1Cl. The molecule has 0 saturated heterocycles. The number of unbranched alkanes of at least 4 members (excludes halogenated alkanes) is 1. The van der Waals surface area contributed by atoms with Crippen molar-refractivity contribution < 1.29 is 4.74 Å². The molecule has 0 N–H and O–H groups in total. The number of hydrogen-bond donors (Lipinski definition) is 0. The largest absolute Gasteiger partial charge is 0.381 e. The molecule has 17 heavy (non-hydrogen) atoms. The van der Waals surface area contributed by atoms with Crippen LogP contribution in [0, 0.1) is 5.92 Å². The second-order valence-corrected chi connectivity index (χ2v) is 5.29. The molecule has 0 saturated carbocycles. The zero-order valence-corrected chi connectivity index (χ0v) is 11.2. The van der Waals surface area contributed by atoms with Gasteiger partial charge in [-0.3, -0.25) is 0 Å². The van der Waals surface area contributed by atoms with Gasteiger partial charge in [0.25, 0.3) is 0 Å². The average molecular weight is 253 g/mol. The lowest BCUT2D eigenvalue weighted by Crippen LogP contribution is -2.08. The van der Waals surface area contributed by atoms with Crippen molar-refractivity contribution in [3.8, 4) is 0 Å². The summed E-state index contributed by atoms with van der Waals surface area (Å²) >= 11 is 6.49. The van der Waals surface area contributed by atoms with Crippen LogP contribution in [0.3, 0.4) is 0 Å². The Labute approximate surface area is 109 Å². The zero-order chi connectivity index (χ0) is 12.1. The van der Waals surface area contributed by atoms with E-state index >= 15 is 0 Å². The Morgan fingerprint density at radius 3 is 2.88 bits per heavy atom. The first kappa shape index (κ1) is 12.9. The van der Waals surface area contributed by atoms with Crippen molar-refractivity contribution in [3.05, 3.63) is 35.4 Å². The van der Waals surface area contributed by atoms with E-state index in [-0.39, 0.29) is 5.38 Å². The lowest BCUT2D eigenvalue weighted by molar-refractivity contribution is 0.118. The maximum Gasteiger partial charge on any atom is 0.0620 e. The normalized spacial score (nSPS) is 22.7. The van der Waals surface area contributed by atoms with E-state index in [1.54, 1.807) is 0 Å². The molecule has 94 valence electrons. The summed E-state index contributed by atoms with van der Waals surface area (Å²) < 4.78 is 5.62. The van der Waals surface area contributed by atoms with Gasteiger partial charge in [0.15, 0.2) is 0 Å². The molecule has 0 fully saturated rings. The van der Waals surface area contributed by atoms with Crippen molar-refractivity contribution in [2.24, 2.45) is 5.92 Å². The summed E-state index contributed by atoms with van der Waals surface area (Å²) in [4.78, 5) is 0. The molecule has 0 heterocycles. The fourth-order valence-corrected chi connectivity index (χ4v) is 2.89. The first-order chi connectivity index (χ1) is 8.33. The van der Waals surface area contributed by atoms with Crippen LogP contribution in [0.1, 0.15) is 42.7 Å². The van der Waals surface area contributed by atoms with E-state index in [1.165, 1.54) is 17.5 Å². The van der Waals surface area contributed by atoms with Gasteiger partial charge in [0.1, 0.15) is 0 Å². The van der Waals surface area contributed by atoms with Crippen LogP contribution < -0.4 is 0 Å². The van der Waals surface area contributed by atoms with Crippen molar-refractivity contribution in [1.82, 2.24) is 0 Å². The first-order valence-electron chi connectivity index (χ1n) is 6.62. The van der Waals surface area contributed by atoms with E-state index in [9.17, 15) is 0 Å². The van der Waals surface area contributed by atoms with E-state index in [2.05, 4.69) is 31.2 Å². The fourth-order valence-electron chi connectivity index (χ4n) is 2.46. The predicted octanol–water partition coefficient (Wildman–Crippen LogP) is 4.35. The summed E-state index contributed by atoms with van der Waals surface area (Å²) in [5.41, 5.74) is 2.75. The molecular weight excluding hydrogens is 232 g/mol. The monoisotopic (exact) mass is 252 g/mol. The fraction of sp³-hybridized carbons (Fsp3) is 0.600. The van der Waals surface area contributed by atoms with Gasteiger partial charge in [0.2, 0.25) is 0 Å². The van der Waals surface area contributed by atoms with Crippen molar-refractivity contribution in [2.75, 3.05) is 13.2 Å². The second kappa shape index (κ2) is 6.42. The molecule has 1 nitrogen and oxygen atoms in total. The highest BCUT2D eigenvalue weighted by molar-refractivity contribution is 6.21. The van der Waals surface area contributed by atoms with Gasteiger partial charge in [-0.1, -0.05) is 37.6 Å². The topological polar surface area (TPSA) is 9.23 Å². The standard InChI is InChI=1S/C15H21ClO/c1-2-3-9-17-10-8-13-11-12-6-4-5-7-14(12)15(13)16/h4-7,13,15H,2-3,8-11H2,1H3. The van der Waals surface area contributed by atoms with Crippen LogP contribution in [0.2, 0.25) is 0 Å². The number of halogens is 1. The van der Waals surface area contributed by atoms with E-state index in [4.69, 9.17) is 16.3 Å². The van der Waals surface area contributed by atoms with Crippen molar-refractivity contribution in [3.63, 3.8) is 0 Å². The van der Waals surface area contributed by atoms with Gasteiger partial charge in [-0.25, -0.2) is 0 Å². The van der Waals surface area contributed by atoms with Gasteiger partial charge >= 0.3 is 0 Å². The number of rotatable bonds is 6. The van der Waals surface area contributed by atoms with Crippen molar-refractivity contribution in [1.29, 1.82) is 0 Å².